The Morgan fingerprint density at radius 1 is 1.38 bits per heavy atom. The lowest BCUT2D eigenvalue weighted by molar-refractivity contribution is 0.531. The second kappa shape index (κ2) is 5.84. The van der Waals surface area contributed by atoms with Crippen molar-refractivity contribution in [3.8, 4) is 11.8 Å². The van der Waals surface area contributed by atoms with Crippen molar-refractivity contribution in [2.24, 2.45) is 0 Å². The fourth-order valence-corrected chi connectivity index (χ4v) is 2.64. The molecule has 106 valence electrons. The second-order valence-electron chi connectivity index (χ2n) is 4.40. The van der Waals surface area contributed by atoms with Gasteiger partial charge in [-0.05, 0) is 18.9 Å². The number of hydrogen-bond donors (Lipinski definition) is 0. The van der Waals surface area contributed by atoms with Crippen LogP contribution in [0.4, 0.5) is 4.39 Å². The van der Waals surface area contributed by atoms with E-state index in [1.54, 1.807) is 11.3 Å². The highest BCUT2D eigenvalue weighted by Gasteiger charge is 2.10. The molecule has 1 aromatic carbocycles. The molecule has 3 rings (SSSR count). The minimum absolute atomic E-state index is 0.229. The van der Waals surface area contributed by atoms with Gasteiger partial charge in [0.05, 0.1) is 10.0 Å². The first-order valence-corrected chi connectivity index (χ1v) is 7.53. The third kappa shape index (κ3) is 3.23. The number of aryl methyl sites for hydroxylation is 2. The number of nitrogens with zero attached hydrogens (tertiary/aromatic N) is 2. The SMILES string of the molecule is Cc1nc(C#CCCc2nc3cc(F)cc(Cl)c3o2)cs1. The van der Waals surface area contributed by atoms with Crippen LogP contribution in [0.3, 0.4) is 0 Å². The van der Waals surface area contributed by atoms with Crippen LogP contribution >= 0.6 is 22.9 Å². The Bertz CT molecular complexity index is 860. The lowest BCUT2D eigenvalue weighted by Crippen LogP contribution is -1.83. The number of benzene rings is 1. The van der Waals surface area contributed by atoms with Crippen molar-refractivity contribution in [3.63, 3.8) is 0 Å². The quantitative estimate of drug-likeness (QED) is 0.658. The molecule has 0 bridgehead atoms. The third-order valence-corrected chi connectivity index (χ3v) is 3.81. The van der Waals surface area contributed by atoms with Crippen LogP contribution in [-0.2, 0) is 6.42 Å². The van der Waals surface area contributed by atoms with Gasteiger partial charge in [0, 0.05) is 24.3 Å². The van der Waals surface area contributed by atoms with Gasteiger partial charge in [0.15, 0.2) is 11.5 Å². The number of fused-ring (bicyclic) bond motifs is 1. The third-order valence-electron chi connectivity index (χ3n) is 2.75. The molecule has 0 spiro atoms. The molecule has 0 amide bonds. The molecule has 0 unspecified atom stereocenters. The summed E-state index contributed by atoms with van der Waals surface area (Å²) in [6, 6.07) is 2.52. The van der Waals surface area contributed by atoms with Crippen molar-refractivity contribution in [2.45, 2.75) is 19.8 Å². The number of aromatic nitrogens is 2. The standard InChI is InChI=1S/C15H10ClFN2OS/c1-9-18-11(8-21-9)4-2-3-5-14-19-13-7-10(17)6-12(16)15(13)20-14/h6-8H,3,5H2,1H3. The zero-order valence-electron chi connectivity index (χ0n) is 11.1. The maximum atomic E-state index is 13.2. The Morgan fingerprint density at radius 3 is 3.00 bits per heavy atom. The topological polar surface area (TPSA) is 38.9 Å². The minimum Gasteiger partial charge on any atom is -0.439 e. The van der Waals surface area contributed by atoms with Crippen LogP contribution in [0.5, 0.6) is 0 Å². The molecule has 0 saturated heterocycles. The molecule has 0 aliphatic heterocycles. The zero-order chi connectivity index (χ0) is 14.8. The van der Waals surface area contributed by atoms with E-state index >= 15 is 0 Å². The molecule has 0 aliphatic rings. The van der Waals surface area contributed by atoms with E-state index in [1.807, 2.05) is 12.3 Å². The smallest absolute Gasteiger partial charge is 0.196 e. The molecule has 3 nitrogen and oxygen atoms in total. The van der Waals surface area contributed by atoms with Crippen molar-refractivity contribution in [1.29, 1.82) is 0 Å². The summed E-state index contributed by atoms with van der Waals surface area (Å²) in [6.45, 7) is 1.94. The lowest BCUT2D eigenvalue weighted by atomic mass is 10.3. The maximum absolute atomic E-state index is 13.2. The summed E-state index contributed by atoms with van der Waals surface area (Å²) in [5, 5.41) is 3.15. The molecule has 6 heteroatoms. The zero-order valence-corrected chi connectivity index (χ0v) is 12.7. The first-order valence-electron chi connectivity index (χ1n) is 6.27. The van der Waals surface area contributed by atoms with Crippen LogP contribution in [-0.4, -0.2) is 9.97 Å². The van der Waals surface area contributed by atoms with Crippen LogP contribution < -0.4 is 0 Å². The van der Waals surface area contributed by atoms with Gasteiger partial charge >= 0.3 is 0 Å². The molecule has 21 heavy (non-hydrogen) atoms. The van der Waals surface area contributed by atoms with Crippen molar-refractivity contribution in [2.75, 3.05) is 0 Å². The fraction of sp³-hybridized carbons (Fsp3) is 0.200. The predicted octanol–water partition coefficient (Wildman–Crippen LogP) is 4.37. The van der Waals surface area contributed by atoms with E-state index < -0.39 is 5.82 Å². The van der Waals surface area contributed by atoms with E-state index in [0.717, 1.165) is 10.7 Å². The monoisotopic (exact) mass is 320 g/mol. The molecule has 0 saturated carbocycles. The fourth-order valence-electron chi connectivity index (χ4n) is 1.86. The Balaban J connectivity index is 1.71. The molecule has 0 N–H and O–H groups in total. The van der Waals surface area contributed by atoms with E-state index in [2.05, 4.69) is 21.8 Å². The molecule has 0 atom stereocenters. The highest BCUT2D eigenvalue weighted by atomic mass is 35.5. The molecule has 2 aromatic heterocycles. The maximum Gasteiger partial charge on any atom is 0.196 e. The lowest BCUT2D eigenvalue weighted by Gasteiger charge is -1.90. The molecule has 0 aliphatic carbocycles. The minimum atomic E-state index is -0.425. The molecular formula is C15H10ClFN2OS. The summed E-state index contributed by atoms with van der Waals surface area (Å²) in [6.07, 6.45) is 1.13. The van der Waals surface area contributed by atoms with Crippen molar-refractivity contribution >= 4 is 34.0 Å². The largest absolute Gasteiger partial charge is 0.439 e. The molecule has 0 radical (unpaired) electrons. The average molecular weight is 321 g/mol. The van der Waals surface area contributed by atoms with E-state index in [-0.39, 0.29) is 5.02 Å². The molecule has 0 fully saturated rings. The van der Waals surface area contributed by atoms with Crippen LogP contribution in [0, 0.1) is 24.6 Å². The number of rotatable bonds is 2. The van der Waals surface area contributed by atoms with Crippen molar-refractivity contribution in [1.82, 2.24) is 9.97 Å². The summed E-state index contributed by atoms with van der Waals surface area (Å²) < 4.78 is 18.7. The van der Waals surface area contributed by atoms with Gasteiger partial charge in [0.25, 0.3) is 0 Å². The average Bonchev–Trinajstić information content (AvgIpc) is 3.01. The van der Waals surface area contributed by atoms with Gasteiger partial charge in [-0.2, -0.15) is 0 Å². The van der Waals surface area contributed by atoms with Gasteiger partial charge in [-0.15, -0.1) is 11.3 Å². The Kier molecular flexibility index (Phi) is 3.91. The molecule has 3 aromatic rings. The number of hydrogen-bond acceptors (Lipinski definition) is 4. The highest BCUT2D eigenvalue weighted by molar-refractivity contribution is 7.09. The van der Waals surface area contributed by atoms with E-state index in [0.29, 0.717) is 29.8 Å². The second-order valence-corrected chi connectivity index (χ2v) is 5.87. The van der Waals surface area contributed by atoms with Gasteiger partial charge in [-0.1, -0.05) is 17.5 Å². The van der Waals surface area contributed by atoms with Gasteiger partial charge in [0.1, 0.15) is 17.0 Å². The summed E-state index contributed by atoms with van der Waals surface area (Å²) in [5.74, 6) is 6.08. The Hall–Kier alpha value is -1.90. The number of halogens is 2. The van der Waals surface area contributed by atoms with Crippen LogP contribution in [0.2, 0.25) is 5.02 Å². The summed E-state index contributed by atoms with van der Waals surface area (Å²) in [5.41, 5.74) is 1.62. The summed E-state index contributed by atoms with van der Waals surface area (Å²) >= 11 is 7.48. The van der Waals surface area contributed by atoms with Crippen molar-refractivity contribution < 1.29 is 8.81 Å². The van der Waals surface area contributed by atoms with Gasteiger partial charge in [0.2, 0.25) is 0 Å². The number of oxazole rings is 1. The first-order chi connectivity index (χ1) is 10.1. The van der Waals surface area contributed by atoms with E-state index in [4.69, 9.17) is 16.0 Å². The Morgan fingerprint density at radius 2 is 2.24 bits per heavy atom. The number of thiazole rings is 1. The van der Waals surface area contributed by atoms with Crippen LogP contribution in [0.1, 0.15) is 23.0 Å². The van der Waals surface area contributed by atoms with E-state index in [9.17, 15) is 4.39 Å². The van der Waals surface area contributed by atoms with E-state index in [1.165, 1.54) is 12.1 Å². The highest BCUT2D eigenvalue weighted by Crippen LogP contribution is 2.26. The van der Waals surface area contributed by atoms with Gasteiger partial charge in [-0.3, -0.25) is 0 Å². The summed E-state index contributed by atoms with van der Waals surface area (Å²) in [7, 11) is 0. The van der Waals surface area contributed by atoms with Crippen LogP contribution in [0.15, 0.2) is 21.9 Å². The molecule has 2 heterocycles. The predicted molar refractivity (Wildman–Crippen MR) is 81.0 cm³/mol. The van der Waals surface area contributed by atoms with Crippen molar-refractivity contribution in [3.05, 3.63) is 44.9 Å². The van der Waals surface area contributed by atoms with Gasteiger partial charge < -0.3 is 4.42 Å². The first kappa shape index (κ1) is 14.1. The normalized spacial score (nSPS) is 10.6. The Labute approximate surface area is 129 Å². The van der Waals surface area contributed by atoms with Gasteiger partial charge in [-0.25, -0.2) is 14.4 Å². The van der Waals surface area contributed by atoms with Crippen LogP contribution in [0.25, 0.3) is 11.1 Å². The summed E-state index contributed by atoms with van der Waals surface area (Å²) in [4.78, 5) is 8.47. The molecular weight excluding hydrogens is 311 g/mol.